The maximum Gasteiger partial charge on any atom is 0.266 e. The minimum absolute atomic E-state index is 0.0741. The van der Waals surface area contributed by atoms with E-state index < -0.39 is 11.5 Å². The first-order valence-corrected chi connectivity index (χ1v) is 6.02. The van der Waals surface area contributed by atoms with Crippen LogP contribution in [0.3, 0.4) is 0 Å². The number of rotatable bonds is 0. The molecule has 76 valence electrons. The molecular weight excluding hydrogens is 192 g/mol. The molecule has 2 fully saturated rings. The van der Waals surface area contributed by atoms with E-state index in [1.54, 1.807) is 11.8 Å². The third kappa shape index (κ3) is 1.59. The second-order valence-electron chi connectivity index (χ2n) is 3.93. The van der Waals surface area contributed by atoms with Crippen molar-refractivity contribution in [2.24, 2.45) is 0 Å². The Morgan fingerprint density at radius 2 is 1.77 bits per heavy atom. The number of hydrogen-bond donors (Lipinski definition) is 1. The smallest absolute Gasteiger partial charge is 0.266 e. The zero-order valence-corrected chi connectivity index (χ0v) is 8.43. The van der Waals surface area contributed by atoms with Gasteiger partial charge in [0, 0.05) is 6.42 Å². The third-order valence-electron chi connectivity index (χ3n) is 3.18. The highest BCUT2D eigenvalue weighted by atomic mass is 32.2. The maximum absolute atomic E-state index is 13.7. The molecule has 0 aromatic carbocycles. The van der Waals surface area contributed by atoms with Gasteiger partial charge in [-0.25, -0.2) is 8.78 Å². The molecule has 0 atom stereocenters. The van der Waals surface area contributed by atoms with Crippen LogP contribution in [0.15, 0.2) is 0 Å². The van der Waals surface area contributed by atoms with Gasteiger partial charge in [0.05, 0.1) is 5.54 Å². The molecule has 2 saturated heterocycles. The lowest BCUT2D eigenvalue weighted by molar-refractivity contribution is -0.116. The van der Waals surface area contributed by atoms with Crippen LogP contribution in [-0.4, -0.2) is 29.5 Å². The van der Waals surface area contributed by atoms with E-state index in [9.17, 15) is 8.78 Å². The van der Waals surface area contributed by atoms with Crippen molar-refractivity contribution in [2.45, 2.75) is 37.1 Å². The van der Waals surface area contributed by atoms with Crippen LogP contribution < -0.4 is 5.32 Å². The van der Waals surface area contributed by atoms with Gasteiger partial charge in [0.15, 0.2) is 0 Å². The molecule has 1 N–H and O–H groups in total. The summed E-state index contributed by atoms with van der Waals surface area (Å²) in [6.07, 6.45) is 1.95. The predicted octanol–water partition coefficient (Wildman–Crippen LogP) is 2.27. The Balaban J connectivity index is 2.16. The molecule has 0 bridgehead atoms. The lowest BCUT2D eigenvalue weighted by Gasteiger charge is -2.46. The van der Waals surface area contributed by atoms with Crippen LogP contribution >= 0.6 is 11.8 Å². The maximum atomic E-state index is 13.7. The number of alkyl halides is 2. The van der Waals surface area contributed by atoms with Crippen molar-refractivity contribution in [2.75, 3.05) is 18.1 Å². The number of halogens is 2. The average molecular weight is 207 g/mol. The Morgan fingerprint density at radius 1 is 1.08 bits per heavy atom. The summed E-state index contributed by atoms with van der Waals surface area (Å²) in [5, 5.41) is 3.06. The number of nitrogens with one attached hydrogen (secondary N) is 1. The van der Waals surface area contributed by atoms with Crippen LogP contribution in [0, 0.1) is 0 Å². The van der Waals surface area contributed by atoms with Gasteiger partial charge in [0.2, 0.25) is 0 Å². The van der Waals surface area contributed by atoms with Crippen molar-refractivity contribution in [1.29, 1.82) is 0 Å². The molecule has 0 aromatic heterocycles. The van der Waals surface area contributed by atoms with E-state index in [0.717, 1.165) is 18.1 Å². The Morgan fingerprint density at radius 3 is 2.38 bits per heavy atom. The molecule has 1 spiro atoms. The molecule has 2 aliphatic heterocycles. The molecule has 0 radical (unpaired) electrons. The Hall–Kier alpha value is 0.170. The first-order chi connectivity index (χ1) is 6.16. The van der Waals surface area contributed by atoms with E-state index in [-0.39, 0.29) is 6.42 Å². The fraction of sp³-hybridized carbons (Fsp3) is 1.00. The topological polar surface area (TPSA) is 12.0 Å². The van der Waals surface area contributed by atoms with E-state index in [0.29, 0.717) is 19.3 Å². The molecule has 2 rings (SSSR count). The van der Waals surface area contributed by atoms with Gasteiger partial charge < -0.3 is 5.32 Å². The number of thioether (sulfide) groups is 1. The summed E-state index contributed by atoms with van der Waals surface area (Å²) in [5.41, 5.74) is -0.851. The van der Waals surface area contributed by atoms with Crippen LogP contribution in [0.4, 0.5) is 8.78 Å². The van der Waals surface area contributed by atoms with Crippen LogP contribution in [0.25, 0.3) is 0 Å². The van der Waals surface area contributed by atoms with Gasteiger partial charge in [0.25, 0.3) is 5.92 Å². The van der Waals surface area contributed by atoms with Crippen molar-refractivity contribution in [3.63, 3.8) is 0 Å². The van der Waals surface area contributed by atoms with Gasteiger partial charge in [-0.15, -0.1) is 0 Å². The summed E-state index contributed by atoms with van der Waals surface area (Å²) in [7, 11) is 0. The highest BCUT2D eigenvalue weighted by molar-refractivity contribution is 7.99. The molecule has 0 amide bonds. The molecule has 2 aliphatic rings. The highest BCUT2D eigenvalue weighted by Gasteiger charge is 2.54. The van der Waals surface area contributed by atoms with Gasteiger partial charge in [-0.05, 0) is 37.3 Å². The van der Waals surface area contributed by atoms with E-state index in [4.69, 9.17) is 0 Å². The average Bonchev–Trinajstić information content (AvgIpc) is 2.12. The summed E-state index contributed by atoms with van der Waals surface area (Å²) in [6, 6.07) is 0. The quantitative estimate of drug-likeness (QED) is 0.654. The zero-order chi connectivity index (χ0) is 9.36. The fourth-order valence-electron chi connectivity index (χ4n) is 2.27. The lowest BCUT2D eigenvalue weighted by Crippen LogP contribution is -2.63. The Kier molecular flexibility index (Phi) is 2.53. The molecular formula is C9H15F2NS. The SMILES string of the molecule is FC1(F)CCCNC12CCSCC2. The van der Waals surface area contributed by atoms with Crippen molar-refractivity contribution >= 4 is 11.8 Å². The summed E-state index contributed by atoms with van der Waals surface area (Å²) in [4.78, 5) is 0. The lowest BCUT2D eigenvalue weighted by atomic mass is 9.80. The van der Waals surface area contributed by atoms with Crippen LogP contribution in [-0.2, 0) is 0 Å². The minimum Gasteiger partial charge on any atom is -0.306 e. The van der Waals surface area contributed by atoms with Crippen LogP contribution in [0.5, 0.6) is 0 Å². The van der Waals surface area contributed by atoms with Gasteiger partial charge in [-0.1, -0.05) is 0 Å². The molecule has 0 aromatic rings. The van der Waals surface area contributed by atoms with Gasteiger partial charge in [-0.2, -0.15) is 11.8 Å². The largest absolute Gasteiger partial charge is 0.306 e. The molecule has 4 heteroatoms. The number of hydrogen-bond acceptors (Lipinski definition) is 2. The van der Waals surface area contributed by atoms with E-state index in [2.05, 4.69) is 5.32 Å². The van der Waals surface area contributed by atoms with Gasteiger partial charge in [0.1, 0.15) is 0 Å². The monoisotopic (exact) mass is 207 g/mol. The second-order valence-corrected chi connectivity index (χ2v) is 5.15. The molecule has 2 heterocycles. The third-order valence-corrected chi connectivity index (χ3v) is 4.16. The zero-order valence-electron chi connectivity index (χ0n) is 7.61. The van der Waals surface area contributed by atoms with E-state index in [1.807, 2.05) is 0 Å². The van der Waals surface area contributed by atoms with Crippen LogP contribution in [0.2, 0.25) is 0 Å². The Bertz CT molecular complexity index is 182. The molecule has 0 saturated carbocycles. The molecule has 0 aliphatic carbocycles. The van der Waals surface area contributed by atoms with Gasteiger partial charge >= 0.3 is 0 Å². The summed E-state index contributed by atoms with van der Waals surface area (Å²) >= 11 is 1.79. The van der Waals surface area contributed by atoms with Crippen LogP contribution in [0.1, 0.15) is 25.7 Å². The van der Waals surface area contributed by atoms with Crippen molar-refractivity contribution in [1.82, 2.24) is 5.32 Å². The standard InChI is InChI=1S/C9H15F2NS/c10-9(11)2-1-5-12-8(9)3-6-13-7-4-8/h12H,1-7H2. The highest BCUT2D eigenvalue weighted by Crippen LogP contribution is 2.44. The van der Waals surface area contributed by atoms with Crippen molar-refractivity contribution in [3.05, 3.63) is 0 Å². The first-order valence-electron chi connectivity index (χ1n) is 4.87. The van der Waals surface area contributed by atoms with E-state index in [1.165, 1.54) is 0 Å². The summed E-state index contributed by atoms with van der Waals surface area (Å²) in [5.74, 6) is -0.725. The normalized spacial score (nSPS) is 31.8. The molecule has 13 heavy (non-hydrogen) atoms. The minimum atomic E-state index is -2.48. The Labute approximate surface area is 81.7 Å². The molecule has 0 unspecified atom stereocenters. The second kappa shape index (κ2) is 3.39. The van der Waals surface area contributed by atoms with Crippen molar-refractivity contribution in [3.8, 4) is 0 Å². The number of piperidine rings is 1. The van der Waals surface area contributed by atoms with Gasteiger partial charge in [-0.3, -0.25) is 0 Å². The predicted molar refractivity (Wildman–Crippen MR) is 51.5 cm³/mol. The summed E-state index contributed by atoms with van der Waals surface area (Å²) < 4.78 is 27.3. The van der Waals surface area contributed by atoms with E-state index >= 15 is 0 Å². The molecule has 1 nitrogen and oxygen atoms in total. The first kappa shape index (κ1) is 9.71. The fourth-order valence-corrected chi connectivity index (χ4v) is 3.46. The van der Waals surface area contributed by atoms with Crippen molar-refractivity contribution < 1.29 is 8.78 Å². The summed E-state index contributed by atoms with van der Waals surface area (Å²) in [6.45, 7) is 0.764.